The number of rotatable bonds is 5. The van der Waals surface area contributed by atoms with Gasteiger partial charge in [0.15, 0.2) is 0 Å². The average Bonchev–Trinajstić information content (AvgIpc) is 3.30. The van der Waals surface area contributed by atoms with E-state index in [9.17, 15) is 19.7 Å². The number of hydrogen-bond acceptors (Lipinski definition) is 5. The van der Waals surface area contributed by atoms with Crippen molar-refractivity contribution in [1.82, 2.24) is 10.2 Å². The largest absolute Gasteiger partial charge is 0.457 e. The monoisotopic (exact) mass is 457 g/mol. The van der Waals surface area contributed by atoms with Crippen LogP contribution in [0.15, 0.2) is 64.7 Å². The van der Waals surface area contributed by atoms with Crippen LogP contribution in [0.1, 0.15) is 11.3 Å². The summed E-state index contributed by atoms with van der Waals surface area (Å²) in [5, 5.41) is 14.2. The first-order chi connectivity index (χ1) is 14.8. The Morgan fingerprint density at radius 1 is 1.06 bits per heavy atom. The van der Waals surface area contributed by atoms with Crippen molar-refractivity contribution in [3.05, 3.63) is 91.8 Å². The first kappa shape index (κ1) is 20.6. The molecule has 0 saturated carbocycles. The van der Waals surface area contributed by atoms with Gasteiger partial charge in [0.2, 0.25) is 0 Å². The number of nitrogens with one attached hydrogen (secondary N) is 1. The minimum absolute atomic E-state index is 0.0164. The van der Waals surface area contributed by atoms with Crippen LogP contribution in [-0.4, -0.2) is 21.8 Å². The van der Waals surface area contributed by atoms with Gasteiger partial charge in [-0.05, 0) is 42.0 Å². The number of urea groups is 1. The molecule has 1 N–H and O–H groups in total. The molecule has 2 heterocycles. The number of carbonyl (C=O) groups is 2. The SMILES string of the molecule is O=C1N/C(=C/c2ccc(-c3ccc(Cl)c([N+](=O)[O-])c3)o2)C(=O)N1Cc1ccc(Cl)cc1. The minimum Gasteiger partial charge on any atom is -0.457 e. The summed E-state index contributed by atoms with van der Waals surface area (Å²) in [6, 6.07) is 13.8. The molecule has 0 bridgehead atoms. The van der Waals surface area contributed by atoms with E-state index in [1.165, 1.54) is 18.2 Å². The van der Waals surface area contributed by atoms with Gasteiger partial charge in [-0.2, -0.15) is 0 Å². The molecular formula is C21H13Cl2N3O5. The number of amides is 3. The molecule has 3 aromatic rings. The highest BCUT2D eigenvalue weighted by molar-refractivity contribution is 6.32. The Balaban J connectivity index is 1.55. The van der Waals surface area contributed by atoms with Crippen molar-refractivity contribution in [3.8, 4) is 11.3 Å². The first-order valence-corrected chi connectivity index (χ1v) is 9.70. The third-order valence-corrected chi connectivity index (χ3v) is 5.13. The highest BCUT2D eigenvalue weighted by Gasteiger charge is 2.33. The van der Waals surface area contributed by atoms with Crippen LogP contribution in [0.4, 0.5) is 10.5 Å². The summed E-state index contributed by atoms with van der Waals surface area (Å²) in [5.41, 5.74) is 1.01. The van der Waals surface area contributed by atoms with Gasteiger partial charge in [-0.15, -0.1) is 0 Å². The highest BCUT2D eigenvalue weighted by atomic mass is 35.5. The fourth-order valence-corrected chi connectivity index (χ4v) is 3.33. The number of hydrogen-bond donors (Lipinski definition) is 1. The second kappa shape index (κ2) is 8.25. The van der Waals surface area contributed by atoms with E-state index in [1.54, 1.807) is 42.5 Å². The smallest absolute Gasteiger partial charge is 0.329 e. The number of carbonyl (C=O) groups excluding carboxylic acids is 2. The number of benzene rings is 2. The minimum atomic E-state index is -0.584. The molecule has 1 fully saturated rings. The lowest BCUT2D eigenvalue weighted by Gasteiger charge is -2.11. The van der Waals surface area contributed by atoms with E-state index in [0.29, 0.717) is 22.1 Å². The van der Waals surface area contributed by atoms with E-state index in [1.807, 2.05) is 0 Å². The Hall–Kier alpha value is -3.62. The molecule has 1 aromatic heterocycles. The topological polar surface area (TPSA) is 106 Å². The van der Waals surface area contributed by atoms with Crippen molar-refractivity contribution < 1.29 is 18.9 Å². The maximum Gasteiger partial charge on any atom is 0.329 e. The van der Waals surface area contributed by atoms with Crippen LogP contribution < -0.4 is 5.32 Å². The summed E-state index contributed by atoms with van der Waals surface area (Å²) in [6.45, 7) is 0.0943. The predicted octanol–water partition coefficient (Wildman–Crippen LogP) is 5.25. The Bertz CT molecular complexity index is 1230. The second-order valence-electron chi connectivity index (χ2n) is 6.63. The van der Waals surface area contributed by atoms with Crippen molar-refractivity contribution in [2.45, 2.75) is 6.54 Å². The molecule has 3 amide bonds. The van der Waals surface area contributed by atoms with Gasteiger partial charge in [0, 0.05) is 22.7 Å². The van der Waals surface area contributed by atoms with Crippen LogP contribution in [0.2, 0.25) is 10.0 Å². The molecule has 31 heavy (non-hydrogen) atoms. The van der Waals surface area contributed by atoms with Crippen molar-refractivity contribution >= 4 is 46.9 Å². The lowest BCUT2D eigenvalue weighted by atomic mass is 10.1. The average molecular weight is 458 g/mol. The number of imide groups is 1. The summed E-state index contributed by atoms with van der Waals surface area (Å²) in [7, 11) is 0. The molecular weight excluding hydrogens is 445 g/mol. The van der Waals surface area contributed by atoms with Crippen LogP contribution >= 0.6 is 23.2 Å². The van der Waals surface area contributed by atoms with Gasteiger partial charge in [0.1, 0.15) is 22.2 Å². The molecule has 4 rings (SSSR count). The molecule has 1 aliphatic rings. The van der Waals surface area contributed by atoms with Crippen LogP contribution in [0.5, 0.6) is 0 Å². The zero-order valence-electron chi connectivity index (χ0n) is 15.7. The fourth-order valence-electron chi connectivity index (χ4n) is 3.02. The normalized spacial score (nSPS) is 14.9. The summed E-state index contributed by atoms with van der Waals surface area (Å²) in [4.78, 5) is 36.4. The molecule has 0 aliphatic carbocycles. The molecule has 0 atom stereocenters. The van der Waals surface area contributed by atoms with Crippen molar-refractivity contribution in [2.75, 3.05) is 0 Å². The van der Waals surface area contributed by atoms with Crippen molar-refractivity contribution in [3.63, 3.8) is 0 Å². The molecule has 2 aromatic carbocycles. The van der Waals surface area contributed by atoms with E-state index in [4.69, 9.17) is 27.6 Å². The van der Waals surface area contributed by atoms with Gasteiger partial charge in [-0.1, -0.05) is 35.3 Å². The molecule has 0 radical (unpaired) electrons. The second-order valence-corrected chi connectivity index (χ2v) is 7.47. The maximum absolute atomic E-state index is 12.6. The van der Waals surface area contributed by atoms with Gasteiger partial charge in [-0.25, -0.2) is 4.79 Å². The summed E-state index contributed by atoms with van der Waals surface area (Å²) in [5.74, 6) is 0.144. The van der Waals surface area contributed by atoms with Crippen LogP contribution in [0.25, 0.3) is 17.4 Å². The zero-order valence-corrected chi connectivity index (χ0v) is 17.2. The van der Waals surface area contributed by atoms with Crippen molar-refractivity contribution in [1.29, 1.82) is 0 Å². The predicted molar refractivity (Wildman–Crippen MR) is 114 cm³/mol. The van der Waals surface area contributed by atoms with Crippen LogP contribution in [0, 0.1) is 10.1 Å². The molecule has 0 unspecified atom stereocenters. The summed E-state index contributed by atoms with van der Waals surface area (Å²) < 4.78 is 5.68. The lowest BCUT2D eigenvalue weighted by Crippen LogP contribution is -2.30. The summed E-state index contributed by atoms with van der Waals surface area (Å²) in [6.07, 6.45) is 1.40. The van der Waals surface area contributed by atoms with Crippen LogP contribution in [-0.2, 0) is 11.3 Å². The Labute approximate surface area is 185 Å². The molecule has 0 spiro atoms. The Morgan fingerprint density at radius 2 is 1.81 bits per heavy atom. The maximum atomic E-state index is 12.6. The molecule has 8 nitrogen and oxygen atoms in total. The first-order valence-electron chi connectivity index (χ1n) is 8.95. The molecule has 1 aliphatic heterocycles. The lowest BCUT2D eigenvalue weighted by molar-refractivity contribution is -0.384. The quantitative estimate of drug-likeness (QED) is 0.243. The molecule has 1 saturated heterocycles. The van der Waals surface area contributed by atoms with Gasteiger partial charge in [0.05, 0.1) is 11.5 Å². The standard InChI is InChI=1S/C21H13Cl2N3O5/c22-14-4-1-12(2-5-14)11-25-20(27)17(24-21(25)28)10-15-6-8-19(31-15)13-3-7-16(23)18(9-13)26(29)30/h1-10H,11H2,(H,24,28)/b17-10+. The van der Waals surface area contributed by atoms with Gasteiger partial charge in [0.25, 0.3) is 11.6 Å². The third kappa shape index (κ3) is 4.30. The molecule has 10 heteroatoms. The van der Waals surface area contributed by atoms with E-state index in [0.717, 1.165) is 10.5 Å². The number of nitrogens with zero attached hydrogens (tertiary/aromatic N) is 2. The van der Waals surface area contributed by atoms with E-state index in [2.05, 4.69) is 5.32 Å². The molecule has 156 valence electrons. The number of halogens is 2. The van der Waals surface area contributed by atoms with E-state index >= 15 is 0 Å². The van der Waals surface area contributed by atoms with Gasteiger partial charge >= 0.3 is 6.03 Å². The van der Waals surface area contributed by atoms with Crippen LogP contribution in [0.3, 0.4) is 0 Å². The van der Waals surface area contributed by atoms with E-state index in [-0.39, 0.29) is 23.0 Å². The Morgan fingerprint density at radius 3 is 2.52 bits per heavy atom. The van der Waals surface area contributed by atoms with Gasteiger partial charge < -0.3 is 9.73 Å². The van der Waals surface area contributed by atoms with Crippen molar-refractivity contribution in [2.24, 2.45) is 0 Å². The number of nitro groups is 1. The third-order valence-electron chi connectivity index (χ3n) is 4.56. The highest BCUT2D eigenvalue weighted by Crippen LogP contribution is 2.31. The van der Waals surface area contributed by atoms with Gasteiger partial charge in [-0.3, -0.25) is 19.8 Å². The fraction of sp³-hybridized carbons (Fsp3) is 0.0476. The summed E-state index contributed by atoms with van der Waals surface area (Å²) >= 11 is 11.7. The number of furan rings is 1. The zero-order chi connectivity index (χ0) is 22.1. The van der Waals surface area contributed by atoms with E-state index < -0.39 is 16.9 Å². The number of nitro benzene ring substituents is 1. The Kier molecular flexibility index (Phi) is 5.50.